The number of halogens is 1. The minimum absolute atomic E-state index is 0.0661. The van der Waals surface area contributed by atoms with Crippen LogP contribution in [0.25, 0.3) is 0 Å². The van der Waals surface area contributed by atoms with Gasteiger partial charge in [0, 0.05) is 25.2 Å². The summed E-state index contributed by atoms with van der Waals surface area (Å²) in [5, 5.41) is 3.55. The zero-order valence-electron chi connectivity index (χ0n) is 14.6. The molecule has 5 nitrogen and oxygen atoms in total. The molecule has 0 fully saturated rings. The van der Waals surface area contributed by atoms with E-state index in [1.165, 1.54) is 0 Å². The molecule has 1 aliphatic rings. The van der Waals surface area contributed by atoms with Gasteiger partial charge in [0.25, 0.3) is 0 Å². The van der Waals surface area contributed by atoms with E-state index in [4.69, 9.17) is 16.3 Å². The number of amides is 2. The summed E-state index contributed by atoms with van der Waals surface area (Å²) < 4.78 is 5.11. The quantitative estimate of drug-likeness (QED) is 0.848. The number of rotatable bonds is 6. The molecular formula is C20H21ClN2O3. The third-order valence-electron chi connectivity index (χ3n) is 4.46. The third-order valence-corrected chi connectivity index (χ3v) is 4.70. The summed E-state index contributed by atoms with van der Waals surface area (Å²) in [4.78, 5) is 27.1. The average Bonchev–Trinajstić information content (AvgIpc) is 2.64. The highest BCUT2D eigenvalue weighted by Crippen LogP contribution is 2.30. The predicted molar refractivity (Wildman–Crippen MR) is 99.8 cm³/mol. The van der Waals surface area contributed by atoms with Crippen molar-refractivity contribution >= 4 is 23.4 Å². The smallest absolute Gasteiger partial charge is 0.247 e. The summed E-state index contributed by atoms with van der Waals surface area (Å²) in [6.07, 6.45) is 0.304. The maximum Gasteiger partial charge on any atom is 0.247 e. The molecule has 2 aromatic carbocycles. The Morgan fingerprint density at radius 1 is 1.27 bits per heavy atom. The van der Waals surface area contributed by atoms with E-state index >= 15 is 0 Å². The number of nitrogens with zero attached hydrogens (tertiary/aromatic N) is 1. The van der Waals surface area contributed by atoms with Crippen LogP contribution in [0.2, 0.25) is 5.02 Å². The highest BCUT2D eigenvalue weighted by molar-refractivity contribution is 6.30. The lowest BCUT2D eigenvalue weighted by molar-refractivity contribution is -0.142. The molecule has 0 saturated carbocycles. The van der Waals surface area contributed by atoms with Gasteiger partial charge in [-0.15, -0.1) is 0 Å². The fourth-order valence-electron chi connectivity index (χ4n) is 3.20. The molecule has 0 bridgehead atoms. The molecule has 2 aromatic rings. The summed E-state index contributed by atoms with van der Waals surface area (Å²) in [5.41, 5.74) is 2.67. The lowest BCUT2D eigenvalue weighted by Gasteiger charge is -2.36. The molecule has 3 rings (SSSR count). The van der Waals surface area contributed by atoms with Crippen LogP contribution in [0.1, 0.15) is 22.7 Å². The first-order valence-electron chi connectivity index (χ1n) is 8.48. The molecule has 0 aliphatic carbocycles. The van der Waals surface area contributed by atoms with Crippen molar-refractivity contribution < 1.29 is 14.3 Å². The number of carbonyl (C=O) groups excluding carboxylic acids is 2. The first-order valence-corrected chi connectivity index (χ1v) is 8.86. The van der Waals surface area contributed by atoms with Crippen molar-refractivity contribution in [3.8, 4) is 0 Å². The van der Waals surface area contributed by atoms with Gasteiger partial charge in [-0.05, 0) is 28.8 Å². The Bertz CT molecular complexity index is 809. The molecule has 1 heterocycles. The van der Waals surface area contributed by atoms with Gasteiger partial charge in [-0.3, -0.25) is 9.59 Å². The van der Waals surface area contributed by atoms with E-state index in [1.807, 2.05) is 42.5 Å². The zero-order valence-corrected chi connectivity index (χ0v) is 15.3. The van der Waals surface area contributed by atoms with Crippen LogP contribution >= 0.6 is 11.6 Å². The number of hydrogen-bond acceptors (Lipinski definition) is 3. The normalized spacial score (nSPS) is 16.3. The van der Waals surface area contributed by atoms with Gasteiger partial charge < -0.3 is 15.0 Å². The van der Waals surface area contributed by atoms with Crippen LogP contribution in [-0.2, 0) is 27.3 Å². The van der Waals surface area contributed by atoms with Crippen LogP contribution in [0.3, 0.4) is 0 Å². The van der Waals surface area contributed by atoms with Crippen LogP contribution in [0.15, 0.2) is 48.5 Å². The van der Waals surface area contributed by atoms with Gasteiger partial charge >= 0.3 is 0 Å². The molecule has 1 atom stereocenters. The van der Waals surface area contributed by atoms with Gasteiger partial charge in [-0.25, -0.2) is 0 Å². The fourth-order valence-corrected chi connectivity index (χ4v) is 3.41. The van der Waals surface area contributed by atoms with Crippen LogP contribution in [-0.4, -0.2) is 37.0 Å². The molecule has 0 spiro atoms. The zero-order chi connectivity index (χ0) is 18.5. The number of nitrogens with one attached hydrogen (secondary N) is 1. The number of methoxy groups -OCH3 is 1. The van der Waals surface area contributed by atoms with Crippen molar-refractivity contribution in [2.75, 3.05) is 20.3 Å². The number of fused-ring (bicyclic) bond motifs is 1. The van der Waals surface area contributed by atoms with Gasteiger partial charge in [0.1, 0.15) is 6.04 Å². The Morgan fingerprint density at radius 3 is 2.85 bits per heavy atom. The first-order chi connectivity index (χ1) is 12.6. The fraction of sp³-hybridized carbons (Fsp3) is 0.300. The summed E-state index contributed by atoms with van der Waals surface area (Å²) in [7, 11) is 1.58. The molecule has 1 N–H and O–H groups in total. The molecule has 0 aromatic heterocycles. The van der Waals surface area contributed by atoms with Gasteiger partial charge in [0.15, 0.2) is 0 Å². The standard InChI is InChI=1S/C20H21ClN2O3/c1-26-10-9-23-18(24)12-15-6-2-3-8-17(15)19(23)20(25)22-13-14-5-4-7-16(21)11-14/h2-8,11,19H,9-10,12-13H2,1H3,(H,22,25)/t19-/m0/s1. The molecule has 2 amide bonds. The minimum atomic E-state index is -0.651. The molecule has 26 heavy (non-hydrogen) atoms. The topological polar surface area (TPSA) is 58.6 Å². The molecule has 136 valence electrons. The van der Waals surface area contributed by atoms with Gasteiger partial charge in [0.05, 0.1) is 13.0 Å². The van der Waals surface area contributed by atoms with E-state index in [2.05, 4.69) is 5.32 Å². The number of benzene rings is 2. The lowest BCUT2D eigenvalue weighted by atomic mass is 9.91. The Labute approximate surface area is 157 Å². The maximum absolute atomic E-state index is 13.0. The molecule has 6 heteroatoms. The molecular weight excluding hydrogens is 352 g/mol. The molecule has 0 unspecified atom stereocenters. The Morgan fingerprint density at radius 2 is 2.08 bits per heavy atom. The van der Waals surface area contributed by atoms with Crippen LogP contribution in [0.5, 0.6) is 0 Å². The van der Waals surface area contributed by atoms with Crippen molar-refractivity contribution in [2.24, 2.45) is 0 Å². The summed E-state index contributed by atoms with van der Waals surface area (Å²) in [6, 6.07) is 14.3. The molecule has 0 saturated heterocycles. The largest absolute Gasteiger partial charge is 0.383 e. The van der Waals surface area contributed by atoms with E-state index in [0.717, 1.165) is 16.7 Å². The van der Waals surface area contributed by atoms with Crippen LogP contribution < -0.4 is 5.32 Å². The van der Waals surface area contributed by atoms with Gasteiger partial charge in [-0.1, -0.05) is 48.0 Å². The maximum atomic E-state index is 13.0. The van der Waals surface area contributed by atoms with Gasteiger partial charge in [-0.2, -0.15) is 0 Å². The van der Waals surface area contributed by atoms with Crippen molar-refractivity contribution in [3.05, 3.63) is 70.2 Å². The van der Waals surface area contributed by atoms with Crippen LogP contribution in [0, 0.1) is 0 Å². The summed E-state index contributed by atoms with van der Waals surface area (Å²) in [6.45, 7) is 1.11. The minimum Gasteiger partial charge on any atom is -0.383 e. The van der Waals surface area contributed by atoms with Crippen molar-refractivity contribution in [2.45, 2.75) is 19.0 Å². The number of ether oxygens (including phenoxy) is 1. The van der Waals surface area contributed by atoms with Crippen LogP contribution in [0.4, 0.5) is 0 Å². The highest BCUT2D eigenvalue weighted by Gasteiger charge is 2.36. The molecule has 0 radical (unpaired) electrons. The number of carbonyl (C=O) groups is 2. The summed E-state index contributed by atoms with van der Waals surface area (Å²) >= 11 is 6.00. The Hall–Kier alpha value is -2.37. The molecule has 1 aliphatic heterocycles. The Kier molecular flexibility index (Phi) is 5.91. The average molecular weight is 373 g/mol. The van der Waals surface area contributed by atoms with E-state index in [1.54, 1.807) is 18.1 Å². The second-order valence-corrected chi connectivity index (χ2v) is 6.64. The number of hydrogen-bond donors (Lipinski definition) is 1. The third kappa shape index (κ3) is 4.06. The van der Waals surface area contributed by atoms with E-state index in [9.17, 15) is 9.59 Å². The second-order valence-electron chi connectivity index (χ2n) is 6.21. The van der Waals surface area contributed by atoms with Crippen molar-refractivity contribution in [3.63, 3.8) is 0 Å². The van der Waals surface area contributed by atoms with Crippen molar-refractivity contribution in [1.82, 2.24) is 10.2 Å². The second kappa shape index (κ2) is 8.34. The predicted octanol–water partition coefficient (Wildman–Crippen LogP) is 2.73. The monoisotopic (exact) mass is 372 g/mol. The highest BCUT2D eigenvalue weighted by atomic mass is 35.5. The van der Waals surface area contributed by atoms with Crippen molar-refractivity contribution in [1.29, 1.82) is 0 Å². The van der Waals surface area contributed by atoms with E-state index in [-0.39, 0.29) is 11.8 Å². The first kappa shape index (κ1) is 18.4. The van der Waals surface area contributed by atoms with E-state index in [0.29, 0.717) is 31.1 Å². The summed E-state index contributed by atoms with van der Waals surface area (Å²) in [5.74, 6) is -0.273. The SMILES string of the molecule is COCCN1C(=O)Cc2ccccc2[C@H]1C(=O)NCc1cccc(Cl)c1. The van der Waals surface area contributed by atoms with Gasteiger partial charge in [0.2, 0.25) is 11.8 Å². The Balaban J connectivity index is 1.82. The van der Waals surface area contributed by atoms with E-state index < -0.39 is 6.04 Å². The lowest BCUT2D eigenvalue weighted by Crippen LogP contribution is -2.48.